The van der Waals surface area contributed by atoms with Crippen LogP contribution in [-0.4, -0.2) is 62.0 Å². The number of oxazole rings is 1. The third-order valence-corrected chi connectivity index (χ3v) is 6.04. The van der Waals surface area contributed by atoms with E-state index >= 15 is 0 Å². The van der Waals surface area contributed by atoms with E-state index < -0.39 is 0 Å². The van der Waals surface area contributed by atoms with Gasteiger partial charge in [-0.05, 0) is 69.8 Å². The van der Waals surface area contributed by atoms with Crippen LogP contribution in [0.4, 0.5) is 0 Å². The van der Waals surface area contributed by atoms with Crippen LogP contribution in [0, 0.1) is 19.8 Å². The molecule has 0 saturated carbocycles. The molecule has 0 bridgehead atoms. The number of amides is 1. The second kappa shape index (κ2) is 13.5. The summed E-state index contributed by atoms with van der Waals surface area (Å²) in [5.41, 5.74) is 2.79. The van der Waals surface area contributed by atoms with Crippen LogP contribution in [0.5, 0.6) is 0 Å². The van der Waals surface area contributed by atoms with Gasteiger partial charge in [0.1, 0.15) is 5.76 Å². The van der Waals surface area contributed by atoms with E-state index in [9.17, 15) is 4.79 Å². The molecule has 182 valence electrons. The number of nitrogens with one attached hydrogen (secondary N) is 3. The van der Waals surface area contributed by atoms with Gasteiger partial charge in [-0.2, -0.15) is 0 Å². The van der Waals surface area contributed by atoms with Crippen LogP contribution in [0.1, 0.15) is 46.1 Å². The minimum absolute atomic E-state index is 0. The van der Waals surface area contributed by atoms with Crippen molar-refractivity contribution in [3.05, 3.63) is 52.7 Å². The molecule has 1 saturated heterocycles. The van der Waals surface area contributed by atoms with Gasteiger partial charge in [0.2, 0.25) is 5.89 Å². The van der Waals surface area contributed by atoms with Crippen LogP contribution in [0.15, 0.2) is 33.7 Å². The summed E-state index contributed by atoms with van der Waals surface area (Å²) in [5, 5.41) is 9.50. The standard InChI is InChI=1S/C24H36N6O2.HI/c1-17-18(2)32-22(29-17)16-30-12-9-20(10-13-30)15-28-24(26-4)27-11-8-19-6-5-7-21(14-19)23(31)25-3;/h5-7,14,20H,8-13,15-16H2,1-4H3,(H,25,31)(H2,26,27,28);1H. The predicted molar refractivity (Wildman–Crippen MR) is 142 cm³/mol. The van der Waals surface area contributed by atoms with E-state index in [1.165, 1.54) is 0 Å². The molecule has 1 aromatic heterocycles. The summed E-state index contributed by atoms with van der Waals surface area (Å²) in [5.74, 6) is 3.12. The molecular formula is C24H37IN6O2. The second-order valence-corrected chi connectivity index (χ2v) is 8.38. The molecule has 1 aliphatic heterocycles. The number of likely N-dealkylation sites (tertiary alicyclic amines) is 1. The van der Waals surface area contributed by atoms with E-state index in [1.807, 2.05) is 38.1 Å². The molecule has 1 aromatic carbocycles. The van der Waals surface area contributed by atoms with Crippen molar-refractivity contribution in [2.45, 2.75) is 39.7 Å². The van der Waals surface area contributed by atoms with Crippen LogP contribution in [0.3, 0.4) is 0 Å². The number of carbonyl (C=O) groups excluding carboxylic acids is 1. The molecule has 2 heterocycles. The number of rotatable bonds is 8. The Morgan fingerprint density at radius 3 is 2.64 bits per heavy atom. The monoisotopic (exact) mass is 568 g/mol. The molecule has 1 aliphatic rings. The minimum atomic E-state index is -0.0611. The first kappa shape index (κ1) is 27.1. The highest BCUT2D eigenvalue weighted by molar-refractivity contribution is 14.0. The summed E-state index contributed by atoms with van der Waals surface area (Å²) in [4.78, 5) is 23.0. The van der Waals surface area contributed by atoms with Gasteiger partial charge in [0, 0.05) is 32.7 Å². The number of halogens is 1. The topological polar surface area (TPSA) is 94.8 Å². The highest BCUT2D eigenvalue weighted by Gasteiger charge is 2.21. The Bertz CT molecular complexity index is 902. The zero-order valence-electron chi connectivity index (χ0n) is 20.1. The Morgan fingerprint density at radius 1 is 1.24 bits per heavy atom. The van der Waals surface area contributed by atoms with E-state index in [1.54, 1.807) is 14.1 Å². The van der Waals surface area contributed by atoms with Crippen molar-refractivity contribution in [1.82, 2.24) is 25.8 Å². The number of piperidine rings is 1. The number of hydrogen-bond donors (Lipinski definition) is 3. The van der Waals surface area contributed by atoms with E-state index in [-0.39, 0.29) is 29.9 Å². The number of aliphatic imine (C=N–C) groups is 1. The molecule has 3 rings (SSSR count). The van der Waals surface area contributed by atoms with Crippen molar-refractivity contribution in [1.29, 1.82) is 0 Å². The lowest BCUT2D eigenvalue weighted by atomic mass is 9.97. The Kier molecular flexibility index (Phi) is 11.1. The maximum Gasteiger partial charge on any atom is 0.251 e. The van der Waals surface area contributed by atoms with Crippen molar-refractivity contribution >= 4 is 35.8 Å². The molecule has 2 aromatic rings. The Balaban J connectivity index is 0.00000385. The molecule has 8 nitrogen and oxygen atoms in total. The first-order valence-electron chi connectivity index (χ1n) is 11.4. The minimum Gasteiger partial charge on any atom is -0.444 e. The summed E-state index contributed by atoms with van der Waals surface area (Å²) in [6.07, 6.45) is 3.12. The average molecular weight is 569 g/mol. The number of benzene rings is 1. The lowest BCUT2D eigenvalue weighted by Crippen LogP contribution is -2.43. The van der Waals surface area contributed by atoms with Crippen LogP contribution < -0.4 is 16.0 Å². The van der Waals surface area contributed by atoms with Crippen LogP contribution >= 0.6 is 24.0 Å². The fourth-order valence-electron chi connectivity index (χ4n) is 3.95. The summed E-state index contributed by atoms with van der Waals surface area (Å²) in [7, 11) is 3.44. The van der Waals surface area contributed by atoms with Crippen molar-refractivity contribution in [3.63, 3.8) is 0 Å². The largest absolute Gasteiger partial charge is 0.444 e. The summed E-state index contributed by atoms with van der Waals surface area (Å²) in [6, 6.07) is 7.72. The third kappa shape index (κ3) is 8.29. The lowest BCUT2D eigenvalue weighted by Gasteiger charge is -2.31. The van der Waals surface area contributed by atoms with Crippen LogP contribution in [-0.2, 0) is 13.0 Å². The Morgan fingerprint density at radius 2 is 2.00 bits per heavy atom. The van der Waals surface area contributed by atoms with Crippen molar-refractivity contribution < 1.29 is 9.21 Å². The molecule has 3 N–H and O–H groups in total. The van der Waals surface area contributed by atoms with E-state index in [2.05, 4.69) is 30.8 Å². The smallest absolute Gasteiger partial charge is 0.251 e. The van der Waals surface area contributed by atoms with Crippen molar-refractivity contribution in [2.24, 2.45) is 10.9 Å². The third-order valence-electron chi connectivity index (χ3n) is 6.04. The van der Waals surface area contributed by atoms with Gasteiger partial charge >= 0.3 is 0 Å². The molecule has 0 radical (unpaired) electrons. The normalized spacial score (nSPS) is 15.1. The molecule has 9 heteroatoms. The highest BCUT2D eigenvalue weighted by Crippen LogP contribution is 2.19. The molecule has 1 fully saturated rings. The van der Waals surface area contributed by atoms with Gasteiger partial charge < -0.3 is 20.4 Å². The summed E-state index contributed by atoms with van der Waals surface area (Å²) in [6.45, 7) is 8.52. The van der Waals surface area contributed by atoms with E-state index in [0.29, 0.717) is 11.5 Å². The number of aromatic nitrogens is 1. The number of nitrogens with zero attached hydrogens (tertiary/aromatic N) is 3. The fraction of sp³-hybridized carbons (Fsp3) is 0.542. The highest BCUT2D eigenvalue weighted by atomic mass is 127. The summed E-state index contributed by atoms with van der Waals surface area (Å²) >= 11 is 0. The van der Waals surface area contributed by atoms with E-state index in [4.69, 9.17) is 4.42 Å². The van der Waals surface area contributed by atoms with Gasteiger partial charge in [0.05, 0.1) is 12.2 Å². The molecule has 33 heavy (non-hydrogen) atoms. The van der Waals surface area contributed by atoms with Crippen molar-refractivity contribution in [3.8, 4) is 0 Å². The molecule has 0 spiro atoms. The van der Waals surface area contributed by atoms with Gasteiger partial charge in [-0.15, -0.1) is 24.0 Å². The number of aryl methyl sites for hydroxylation is 2. The zero-order chi connectivity index (χ0) is 22.9. The summed E-state index contributed by atoms with van der Waals surface area (Å²) < 4.78 is 5.72. The second-order valence-electron chi connectivity index (χ2n) is 8.38. The maximum absolute atomic E-state index is 11.8. The first-order valence-corrected chi connectivity index (χ1v) is 11.4. The van der Waals surface area contributed by atoms with Gasteiger partial charge in [0.25, 0.3) is 5.91 Å². The zero-order valence-corrected chi connectivity index (χ0v) is 22.4. The van der Waals surface area contributed by atoms with Gasteiger partial charge in [0.15, 0.2) is 5.96 Å². The molecular weight excluding hydrogens is 531 g/mol. The maximum atomic E-state index is 11.8. The fourth-order valence-corrected chi connectivity index (χ4v) is 3.95. The molecule has 0 atom stereocenters. The molecule has 1 amide bonds. The lowest BCUT2D eigenvalue weighted by molar-refractivity contribution is 0.0963. The van der Waals surface area contributed by atoms with Crippen LogP contribution in [0.25, 0.3) is 0 Å². The SMILES string of the molecule is CN=C(NCCc1cccc(C(=O)NC)c1)NCC1CCN(Cc2nc(C)c(C)o2)CC1.I. The van der Waals surface area contributed by atoms with Gasteiger partial charge in [-0.1, -0.05) is 12.1 Å². The Labute approximate surface area is 214 Å². The van der Waals surface area contributed by atoms with Crippen molar-refractivity contribution in [2.75, 3.05) is 40.3 Å². The van der Waals surface area contributed by atoms with Gasteiger partial charge in [-0.3, -0.25) is 14.7 Å². The number of hydrogen-bond acceptors (Lipinski definition) is 5. The van der Waals surface area contributed by atoms with E-state index in [0.717, 1.165) is 80.9 Å². The van der Waals surface area contributed by atoms with Crippen LogP contribution in [0.2, 0.25) is 0 Å². The Hall–Kier alpha value is -2.14. The quantitative estimate of drug-likeness (QED) is 0.258. The molecule has 0 unspecified atom stereocenters. The van der Waals surface area contributed by atoms with Gasteiger partial charge in [-0.25, -0.2) is 4.98 Å². The molecule has 0 aliphatic carbocycles. The number of guanidine groups is 1. The number of carbonyl (C=O) groups is 1. The first-order chi connectivity index (χ1) is 15.5. The average Bonchev–Trinajstić information content (AvgIpc) is 3.13. The predicted octanol–water partition coefficient (Wildman–Crippen LogP) is 2.89.